The highest BCUT2D eigenvalue weighted by molar-refractivity contribution is 5.96. The predicted molar refractivity (Wildman–Crippen MR) is 163 cm³/mol. The molecule has 0 spiro atoms. The Hall–Kier alpha value is -4.88. The molecule has 3 N–H and O–H groups in total. The number of carbonyl (C=O) groups excluding carboxylic acids is 2. The summed E-state index contributed by atoms with van der Waals surface area (Å²) < 4.78 is 61.4. The minimum Gasteiger partial charge on any atom is -0.494 e. The number of hydrogen-bond acceptors (Lipinski definition) is 7. The van der Waals surface area contributed by atoms with Gasteiger partial charge in [-0.25, -0.2) is 19.2 Å². The van der Waals surface area contributed by atoms with Gasteiger partial charge in [0.1, 0.15) is 22.6 Å². The molecule has 2 aromatic carbocycles. The fourth-order valence-electron chi connectivity index (χ4n) is 5.32. The topological polar surface area (TPSA) is 124 Å². The van der Waals surface area contributed by atoms with Crippen LogP contribution in [0.3, 0.4) is 0 Å². The number of carbonyl (C=O) groups is 2. The molecule has 2 aromatic heterocycles. The van der Waals surface area contributed by atoms with Crippen molar-refractivity contribution in [1.29, 1.82) is 0 Å². The number of amides is 2. The number of ether oxygens (including phenoxy) is 1. The van der Waals surface area contributed by atoms with E-state index in [0.717, 1.165) is 18.2 Å². The van der Waals surface area contributed by atoms with Crippen molar-refractivity contribution >= 4 is 34.4 Å². The van der Waals surface area contributed by atoms with E-state index in [-0.39, 0.29) is 47.1 Å². The summed E-state index contributed by atoms with van der Waals surface area (Å²) in [6.07, 6.45) is -2.56. The van der Waals surface area contributed by atoms with Gasteiger partial charge < -0.3 is 29.9 Å². The molecule has 0 unspecified atom stereocenters. The molecule has 1 fully saturated rings. The quantitative estimate of drug-likeness (QED) is 0.202. The summed E-state index contributed by atoms with van der Waals surface area (Å²) >= 11 is 0. The van der Waals surface area contributed by atoms with Crippen molar-refractivity contribution in [3.63, 3.8) is 0 Å². The van der Waals surface area contributed by atoms with Crippen molar-refractivity contribution in [2.45, 2.75) is 57.9 Å². The Bertz CT molecular complexity index is 1740. The Morgan fingerprint density at radius 2 is 1.76 bits per heavy atom. The zero-order chi connectivity index (χ0) is 33.4. The molecule has 14 heteroatoms. The minimum absolute atomic E-state index is 0.0252. The highest BCUT2D eigenvalue weighted by Gasteiger charge is 2.36. The number of aromatic nitrogens is 3. The maximum absolute atomic E-state index is 14.7. The van der Waals surface area contributed by atoms with Crippen LogP contribution in [-0.2, 0) is 22.1 Å². The molecule has 0 aliphatic carbocycles. The van der Waals surface area contributed by atoms with Gasteiger partial charge in [0, 0.05) is 38.1 Å². The Morgan fingerprint density at radius 3 is 2.39 bits per heavy atom. The third-order valence-electron chi connectivity index (χ3n) is 7.69. The van der Waals surface area contributed by atoms with Crippen LogP contribution in [0.4, 0.5) is 33.9 Å². The zero-order valence-corrected chi connectivity index (χ0v) is 25.7. The van der Waals surface area contributed by atoms with E-state index in [4.69, 9.17) is 4.74 Å². The van der Waals surface area contributed by atoms with Crippen molar-refractivity contribution in [2.24, 2.45) is 0 Å². The van der Waals surface area contributed by atoms with Crippen molar-refractivity contribution in [3.05, 3.63) is 65.6 Å². The summed E-state index contributed by atoms with van der Waals surface area (Å²) in [5.41, 5.74) is -1.38. The van der Waals surface area contributed by atoms with Gasteiger partial charge in [-0.3, -0.25) is 4.79 Å². The molecule has 0 bridgehead atoms. The highest BCUT2D eigenvalue weighted by atomic mass is 19.4. The lowest BCUT2D eigenvalue weighted by Gasteiger charge is -2.37. The zero-order valence-electron chi connectivity index (χ0n) is 25.7. The number of likely N-dealkylation sites (tertiary alicyclic amines) is 1. The second-order valence-corrected chi connectivity index (χ2v) is 12.2. The number of likely N-dealkylation sites (N-methyl/N-ethyl adjacent to an activating group) is 1. The number of H-pyrrole nitrogens is 1. The summed E-state index contributed by atoms with van der Waals surface area (Å²) in [5, 5.41) is 13.4. The van der Waals surface area contributed by atoms with E-state index in [9.17, 15) is 32.3 Å². The molecule has 0 radical (unpaired) electrons. The van der Waals surface area contributed by atoms with Gasteiger partial charge >= 0.3 is 12.3 Å². The fraction of sp³-hybridized carbons (Fsp3) is 0.375. The standard InChI is InChI=1S/C32H34F4N6O4/c1-31(2,3)46-30(45)42-14-12-20(13-15-42)41(4)24(43)16-18-8-10-19(11-9-18)38-28-26-23(17-37-29(26)44)39-27(40-28)25-21(32(34,35)36)6-5-7-22(25)33/h5-11,17,20,37,44H,12-16H2,1-4H3,(H,38,39,40). The number of fused-ring (bicyclic) bond motifs is 1. The number of rotatable bonds is 6. The van der Waals surface area contributed by atoms with Gasteiger partial charge in [0.15, 0.2) is 5.82 Å². The lowest BCUT2D eigenvalue weighted by molar-refractivity contribution is -0.137. The lowest BCUT2D eigenvalue weighted by Crippen LogP contribution is -2.48. The molecule has 4 aromatic rings. The molecule has 1 aliphatic heterocycles. The van der Waals surface area contributed by atoms with Crippen LogP contribution in [0.5, 0.6) is 5.88 Å². The molecule has 1 saturated heterocycles. The van der Waals surface area contributed by atoms with Gasteiger partial charge in [0.2, 0.25) is 11.8 Å². The van der Waals surface area contributed by atoms with E-state index in [2.05, 4.69) is 20.3 Å². The smallest absolute Gasteiger partial charge is 0.417 e. The number of aromatic amines is 1. The SMILES string of the molecule is CN(C(=O)Cc1ccc(Nc2nc(-c3c(F)cccc3C(F)(F)F)nc3c[nH]c(O)c23)cc1)C1CCN(C(=O)OC(C)(C)C)CC1. The average molecular weight is 643 g/mol. The summed E-state index contributed by atoms with van der Waals surface area (Å²) in [6.45, 7) is 6.42. The molecule has 5 rings (SSSR count). The number of alkyl halides is 3. The lowest BCUT2D eigenvalue weighted by atomic mass is 10.0. The molecule has 244 valence electrons. The molecular weight excluding hydrogens is 608 g/mol. The van der Waals surface area contributed by atoms with Crippen LogP contribution in [0.1, 0.15) is 44.7 Å². The van der Waals surface area contributed by atoms with Crippen molar-refractivity contribution < 1.29 is 37.0 Å². The van der Waals surface area contributed by atoms with Gasteiger partial charge in [0.25, 0.3) is 0 Å². The largest absolute Gasteiger partial charge is 0.494 e. The van der Waals surface area contributed by atoms with E-state index in [1.165, 1.54) is 6.20 Å². The van der Waals surface area contributed by atoms with E-state index in [1.54, 1.807) is 41.1 Å². The normalized spacial score (nSPS) is 14.4. The second kappa shape index (κ2) is 12.5. The van der Waals surface area contributed by atoms with Crippen LogP contribution in [0.25, 0.3) is 22.3 Å². The summed E-state index contributed by atoms with van der Waals surface area (Å²) in [5.74, 6) is -2.12. The first-order valence-corrected chi connectivity index (χ1v) is 14.6. The third kappa shape index (κ3) is 7.16. The van der Waals surface area contributed by atoms with E-state index < -0.39 is 34.5 Å². The molecule has 3 heterocycles. The molecule has 46 heavy (non-hydrogen) atoms. The summed E-state index contributed by atoms with van der Waals surface area (Å²) in [4.78, 5) is 39.6. The monoisotopic (exact) mass is 642 g/mol. The first-order chi connectivity index (χ1) is 21.6. The van der Waals surface area contributed by atoms with Gasteiger partial charge in [-0.05, 0) is 63.4 Å². The third-order valence-corrected chi connectivity index (χ3v) is 7.69. The number of halogens is 4. The van der Waals surface area contributed by atoms with Crippen molar-refractivity contribution in [2.75, 3.05) is 25.5 Å². The average Bonchev–Trinajstić information content (AvgIpc) is 3.37. The number of benzene rings is 2. The highest BCUT2D eigenvalue weighted by Crippen LogP contribution is 2.39. The number of hydrogen-bond donors (Lipinski definition) is 3. The fourth-order valence-corrected chi connectivity index (χ4v) is 5.32. The first-order valence-electron chi connectivity index (χ1n) is 14.6. The number of piperidine rings is 1. The molecule has 0 saturated carbocycles. The van der Waals surface area contributed by atoms with E-state index >= 15 is 0 Å². The maximum Gasteiger partial charge on any atom is 0.417 e. The first kappa shape index (κ1) is 32.5. The Balaban J connectivity index is 1.28. The maximum atomic E-state index is 14.7. The number of nitrogens with one attached hydrogen (secondary N) is 2. The van der Waals surface area contributed by atoms with Crippen LogP contribution in [-0.4, -0.2) is 73.6 Å². The minimum atomic E-state index is -4.86. The van der Waals surface area contributed by atoms with Gasteiger partial charge in [-0.1, -0.05) is 18.2 Å². The van der Waals surface area contributed by atoms with Crippen LogP contribution in [0.2, 0.25) is 0 Å². The van der Waals surface area contributed by atoms with E-state index in [1.807, 2.05) is 20.8 Å². The van der Waals surface area contributed by atoms with Gasteiger partial charge in [-0.15, -0.1) is 0 Å². The van der Waals surface area contributed by atoms with Crippen LogP contribution in [0.15, 0.2) is 48.7 Å². The van der Waals surface area contributed by atoms with Gasteiger partial charge in [-0.2, -0.15) is 13.2 Å². The Labute approximate surface area is 262 Å². The van der Waals surface area contributed by atoms with Crippen LogP contribution >= 0.6 is 0 Å². The number of anilines is 2. The Kier molecular flexibility index (Phi) is 8.83. The molecule has 10 nitrogen and oxygen atoms in total. The van der Waals surface area contributed by atoms with Crippen molar-refractivity contribution in [1.82, 2.24) is 24.8 Å². The van der Waals surface area contributed by atoms with Crippen LogP contribution < -0.4 is 5.32 Å². The second-order valence-electron chi connectivity index (χ2n) is 12.2. The number of nitrogens with zero attached hydrogens (tertiary/aromatic N) is 4. The van der Waals surface area contributed by atoms with Crippen molar-refractivity contribution in [3.8, 4) is 17.3 Å². The summed E-state index contributed by atoms with van der Waals surface area (Å²) in [7, 11) is 1.74. The van der Waals surface area contributed by atoms with E-state index in [0.29, 0.717) is 37.2 Å². The predicted octanol–water partition coefficient (Wildman–Crippen LogP) is 6.63. The van der Waals surface area contributed by atoms with Gasteiger partial charge in [0.05, 0.1) is 23.1 Å². The number of aromatic hydroxyl groups is 1. The summed E-state index contributed by atoms with van der Waals surface area (Å²) in [6, 6.07) is 9.32. The molecule has 2 amide bonds. The van der Waals surface area contributed by atoms with Crippen LogP contribution in [0, 0.1) is 5.82 Å². The Morgan fingerprint density at radius 1 is 1.09 bits per heavy atom. The molecule has 1 aliphatic rings. The molecule has 0 atom stereocenters. The molecular formula is C32H34F4N6O4.